The van der Waals surface area contributed by atoms with Gasteiger partial charge in [-0.3, -0.25) is 4.79 Å². The molecular weight excluding hydrogens is 318 g/mol. The van der Waals surface area contributed by atoms with Crippen molar-refractivity contribution >= 4 is 21.7 Å². The van der Waals surface area contributed by atoms with Crippen LogP contribution in [0.2, 0.25) is 0 Å². The van der Waals surface area contributed by atoms with Crippen LogP contribution >= 0.6 is 0 Å². The minimum atomic E-state index is -3.42. The van der Waals surface area contributed by atoms with Gasteiger partial charge in [-0.05, 0) is 44.4 Å². The SMILES string of the molecule is Cc1ccc(S(C)(=O)=O)cc1C(=O)O[C@@H](C)C(=O)N1CCCC1. The topological polar surface area (TPSA) is 80.7 Å². The Bertz CT molecular complexity index is 720. The van der Waals surface area contributed by atoms with Gasteiger partial charge in [0.2, 0.25) is 0 Å². The van der Waals surface area contributed by atoms with Crippen molar-refractivity contribution in [1.29, 1.82) is 0 Å². The molecule has 7 heteroatoms. The van der Waals surface area contributed by atoms with E-state index in [2.05, 4.69) is 0 Å². The molecule has 0 unspecified atom stereocenters. The van der Waals surface area contributed by atoms with Crippen molar-refractivity contribution in [3.63, 3.8) is 0 Å². The summed E-state index contributed by atoms with van der Waals surface area (Å²) >= 11 is 0. The highest BCUT2D eigenvalue weighted by Crippen LogP contribution is 2.18. The second-order valence-electron chi connectivity index (χ2n) is 5.83. The fourth-order valence-electron chi connectivity index (χ4n) is 2.52. The first-order valence-electron chi connectivity index (χ1n) is 7.50. The molecule has 126 valence electrons. The summed E-state index contributed by atoms with van der Waals surface area (Å²) in [6, 6.07) is 4.29. The first-order chi connectivity index (χ1) is 10.7. The predicted octanol–water partition coefficient (Wildman–Crippen LogP) is 1.57. The Labute approximate surface area is 136 Å². The number of sulfone groups is 1. The fraction of sp³-hybridized carbons (Fsp3) is 0.500. The van der Waals surface area contributed by atoms with Crippen LogP contribution in [0.5, 0.6) is 0 Å². The number of likely N-dealkylation sites (tertiary alicyclic amines) is 1. The summed E-state index contributed by atoms with van der Waals surface area (Å²) in [5.74, 6) is -0.902. The van der Waals surface area contributed by atoms with Gasteiger partial charge in [-0.15, -0.1) is 0 Å². The normalized spacial score (nSPS) is 16.2. The minimum absolute atomic E-state index is 0.0496. The summed E-state index contributed by atoms with van der Waals surface area (Å²) in [6.45, 7) is 4.59. The van der Waals surface area contributed by atoms with E-state index in [-0.39, 0.29) is 16.4 Å². The molecule has 2 rings (SSSR count). The molecule has 1 fully saturated rings. The molecule has 1 aromatic rings. The number of hydrogen-bond acceptors (Lipinski definition) is 5. The van der Waals surface area contributed by atoms with Crippen molar-refractivity contribution in [2.75, 3.05) is 19.3 Å². The van der Waals surface area contributed by atoms with E-state index >= 15 is 0 Å². The third-order valence-corrected chi connectivity index (χ3v) is 5.02. The minimum Gasteiger partial charge on any atom is -0.449 e. The van der Waals surface area contributed by atoms with Gasteiger partial charge in [0.15, 0.2) is 15.9 Å². The van der Waals surface area contributed by atoms with Gasteiger partial charge in [0, 0.05) is 19.3 Å². The van der Waals surface area contributed by atoms with Crippen LogP contribution in [0.4, 0.5) is 0 Å². The smallest absolute Gasteiger partial charge is 0.339 e. The third kappa shape index (κ3) is 4.10. The molecule has 0 radical (unpaired) electrons. The number of aryl methyl sites for hydroxylation is 1. The molecule has 6 nitrogen and oxygen atoms in total. The number of benzene rings is 1. The molecule has 0 aliphatic carbocycles. The van der Waals surface area contributed by atoms with Crippen molar-refractivity contribution in [3.05, 3.63) is 29.3 Å². The lowest BCUT2D eigenvalue weighted by molar-refractivity contribution is -0.138. The lowest BCUT2D eigenvalue weighted by Crippen LogP contribution is -2.38. The van der Waals surface area contributed by atoms with Gasteiger partial charge in [0.05, 0.1) is 10.5 Å². The van der Waals surface area contributed by atoms with E-state index in [9.17, 15) is 18.0 Å². The Balaban J connectivity index is 2.15. The number of nitrogens with zero attached hydrogens (tertiary/aromatic N) is 1. The second-order valence-corrected chi connectivity index (χ2v) is 7.84. The number of carbonyl (C=O) groups is 2. The van der Waals surface area contributed by atoms with Crippen LogP contribution in [0.3, 0.4) is 0 Å². The molecule has 1 aromatic carbocycles. The standard InChI is InChI=1S/C16H21NO5S/c1-11-6-7-13(23(3,20)21)10-14(11)16(19)22-12(2)15(18)17-8-4-5-9-17/h6-7,10,12H,4-5,8-9H2,1-3H3/t12-/m0/s1. The monoisotopic (exact) mass is 339 g/mol. The maximum absolute atomic E-state index is 12.3. The predicted molar refractivity (Wildman–Crippen MR) is 85.0 cm³/mol. The average Bonchev–Trinajstić information content (AvgIpc) is 2.99. The molecule has 0 bridgehead atoms. The Morgan fingerprint density at radius 3 is 2.39 bits per heavy atom. The number of carbonyl (C=O) groups excluding carboxylic acids is 2. The van der Waals surface area contributed by atoms with Gasteiger partial charge >= 0.3 is 5.97 Å². The molecule has 0 spiro atoms. The van der Waals surface area contributed by atoms with Gasteiger partial charge in [-0.25, -0.2) is 13.2 Å². The highest BCUT2D eigenvalue weighted by Gasteiger charge is 2.27. The van der Waals surface area contributed by atoms with Crippen molar-refractivity contribution in [2.24, 2.45) is 0 Å². The van der Waals surface area contributed by atoms with E-state index in [1.54, 1.807) is 17.9 Å². The van der Waals surface area contributed by atoms with Crippen LogP contribution in [-0.4, -0.2) is 50.6 Å². The van der Waals surface area contributed by atoms with Crippen molar-refractivity contribution in [1.82, 2.24) is 4.90 Å². The van der Waals surface area contributed by atoms with Gasteiger partial charge < -0.3 is 9.64 Å². The largest absolute Gasteiger partial charge is 0.449 e. The summed E-state index contributed by atoms with van der Waals surface area (Å²) < 4.78 is 28.5. The first kappa shape index (κ1) is 17.5. The molecule has 0 N–H and O–H groups in total. The Kier molecular flexibility index (Phi) is 5.09. The maximum Gasteiger partial charge on any atom is 0.339 e. The number of amides is 1. The first-order valence-corrected chi connectivity index (χ1v) is 9.40. The zero-order valence-corrected chi connectivity index (χ0v) is 14.4. The summed E-state index contributed by atoms with van der Waals surface area (Å²) in [5, 5.41) is 0. The molecule has 1 amide bonds. The molecule has 23 heavy (non-hydrogen) atoms. The van der Waals surface area contributed by atoms with Gasteiger partial charge in [0.25, 0.3) is 5.91 Å². The zero-order valence-electron chi connectivity index (χ0n) is 13.5. The average molecular weight is 339 g/mol. The van der Waals surface area contributed by atoms with E-state index in [1.807, 2.05) is 0 Å². The van der Waals surface area contributed by atoms with E-state index in [4.69, 9.17) is 4.74 Å². The molecule has 1 saturated heterocycles. The van der Waals surface area contributed by atoms with E-state index in [0.717, 1.165) is 19.1 Å². The van der Waals surface area contributed by atoms with Gasteiger partial charge in [-0.1, -0.05) is 6.07 Å². The van der Waals surface area contributed by atoms with Crippen LogP contribution in [-0.2, 0) is 19.4 Å². The van der Waals surface area contributed by atoms with Crippen LogP contribution in [0.1, 0.15) is 35.7 Å². The van der Waals surface area contributed by atoms with Crippen LogP contribution in [0.15, 0.2) is 23.1 Å². The Morgan fingerprint density at radius 2 is 1.83 bits per heavy atom. The number of ether oxygens (including phenoxy) is 1. The second kappa shape index (κ2) is 6.70. The van der Waals surface area contributed by atoms with E-state index < -0.39 is 21.9 Å². The lowest BCUT2D eigenvalue weighted by atomic mass is 10.1. The molecule has 1 atom stereocenters. The third-order valence-electron chi connectivity index (χ3n) is 3.91. The fourth-order valence-corrected chi connectivity index (χ4v) is 3.17. The van der Waals surface area contributed by atoms with Crippen molar-refractivity contribution in [3.8, 4) is 0 Å². The summed E-state index contributed by atoms with van der Waals surface area (Å²) in [4.78, 5) is 26.2. The Hall–Kier alpha value is -1.89. The van der Waals surface area contributed by atoms with E-state index in [1.165, 1.54) is 19.1 Å². The lowest BCUT2D eigenvalue weighted by Gasteiger charge is -2.20. The van der Waals surface area contributed by atoms with Crippen molar-refractivity contribution < 1.29 is 22.7 Å². The van der Waals surface area contributed by atoms with Crippen LogP contribution in [0, 0.1) is 6.92 Å². The van der Waals surface area contributed by atoms with Gasteiger partial charge in [-0.2, -0.15) is 0 Å². The van der Waals surface area contributed by atoms with E-state index in [0.29, 0.717) is 18.7 Å². The Morgan fingerprint density at radius 1 is 1.22 bits per heavy atom. The van der Waals surface area contributed by atoms with Crippen LogP contribution in [0.25, 0.3) is 0 Å². The summed E-state index contributed by atoms with van der Waals surface area (Å²) in [7, 11) is -3.42. The highest BCUT2D eigenvalue weighted by atomic mass is 32.2. The highest BCUT2D eigenvalue weighted by molar-refractivity contribution is 7.90. The molecule has 1 aliphatic heterocycles. The summed E-state index contributed by atoms with van der Waals surface area (Å²) in [6.07, 6.45) is 2.11. The molecule has 0 aromatic heterocycles. The number of hydrogen-bond donors (Lipinski definition) is 0. The molecule has 1 heterocycles. The zero-order chi connectivity index (χ0) is 17.2. The summed E-state index contributed by atoms with van der Waals surface area (Å²) in [5.41, 5.74) is 0.761. The van der Waals surface area contributed by atoms with Gasteiger partial charge in [0.1, 0.15) is 0 Å². The quantitative estimate of drug-likeness (QED) is 0.778. The molecular formula is C16H21NO5S. The number of esters is 1. The molecule has 1 aliphatic rings. The molecule has 0 saturated carbocycles. The number of rotatable bonds is 4. The van der Waals surface area contributed by atoms with Crippen molar-refractivity contribution in [2.45, 2.75) is 37.7 Å². The van der Waals surface area contributed by atoms with Crippen LogP contribution < -0.4 is 0 Å². The maximum atomic E-state index is 12.3.